The van der Waals surface area contributed by atoms with E-state index in [1.165, 1.54) is 25.7 Å². The molecule has 1 heterocycles. The minimum Gasteiger partial charge on any atom is -0.317 e. The van der Waals surface area contributed by atoms with Gasteiger partial charge in [-0.1, -0.05) is 19.8 Å². The van der Waals surface area contributed by atoms with Gasteiger partial charge in [-0.05, 0) is 25.7 Å². The first kappa shape index (κ1) is 11.6. The summed E-state index contributed by atoms with van der Waals surface area (Å²) in [5, 5.41) is 11.7. The topological polar surface area (TPSA) is 42.7 Å². The third-order valence-corrected chi connectivity index (χ3v) is 3.67. The van der Waals surface area contributed by atoms with Crippen LogP contribution in [0.2, 0.25) is 0 Å². The SMILES string of the molecule is CCn1cnnc1CNC1CCCCC1C. The van der Waals surface area contributed by atoms with Gasteiger partial charge in [0, 0.05) is 12.6 Å². The van der Waals surface area contributed by atoms with E-state index >= 15 is 0 Å². The summed E-state index contributed by atoms with van der Waals surface area (Å²) in [5.41, 5.74) is 0. The van der Waals surface area contributed by atoms with Crippen molar-refractivity contribution >= 4 is 0 Å². The number of hydrogen-bond donors (Lipinski definition) is 1. The highest BCUT2D eigenvalue weighted by atomic mass is 15.3. The van der Waals surface area contributed by atoms with Gasteiger partial charge in [0.25, 0.3) is 0 Å². The minimum atomic E-state index is 0.663. The lowest BCUT2D eigenvalue weighted by atomic mass is 9.86. The van der Waals surface area contributed by atoms with Crippen LogP contribution in [0.4, 0.5) is 0 Å². The van der Waals surface area contributed by atoms with Crippen molar-refractivity contribution in [3.8, 4) is 0 Å². The molecular formula is C12H22N4. The molecule has 90 valence electrons. The Bertz CT molecular complexity index is 321. The molecule has 1 N–H and O–H groups in total. The number of aryl methyl sites for hydroxylation is 1. The van der Waals surface area contributed by atoms with Crippen LogP contribution in [0.15, 0.2) is 6.33 Å². The van der Waals surface area contributed by atoms with Gasteiger partial charge in [-0.2, -0.15) is 0 Å². The second kappa shape index (κ2) is 5.43. The normalized spacial score (nSPS) is 25.9. The third-order valence-electron chi connectivity index (χ3n) is 3.67. The Hall–Kier alpha value is -0.900. The average Bonchev–Trinajstić information content (AvgIpc) is 2.75. The lowest BCUT2D eigenvalue weighted by Crippen LogP contribution is -2.37. The van der Waals surface area contributed by atoms with Gasteiger partial charge in [-0.15, -0.1) is 10.2 Å². The number of nitrogens with one attached hydrogen (secondary N) is 1. The summed E-state index contributed by atoms with van der Waals surface area (Å²) in [4.78, 5) is 0. The molecule has 0 radical (unpaired) electrons. The molecule has 0 bridgehead atoms. The van der Waals surface area contributed by atoms with Crippen LogP contribution in [0.1, 0.15) is 45.4 Å². The first-order valence-corrected chi connectivity index (χ1v) is 6.41. The molecule has 2 atom stereocenters. The van der Waals surface area contributed by atoms with Crippen molar-refractivity contribution in [1.29, 1.82) is 0 Å². The van der Waals surface area contributed by atoms with E-state index in [0.717, 1.165) is 24.8 Å². The molecule has 0 aromatic carbocycles. The minimum absolute atomic E-state index is 0.663. The molecule has 1 fully saturated rings. The third kappa shape index (κ3) is 2.61. The number of hydrogen-bond acceptors (Lipinski definition) is 3. The van der Waals surface area contributed by atoms with Crippen LogP contribution < -0.4 is 5.32 Å². The maximum Gasteiger partial charge on any atom is 0.146 e. The maximum absolute atomic E-state index is 4.15. The summed E-state index contributed by atoms with van der Waals surface area (Å²) in [7, 11) is 0. The van der Waals surface area contributed by atoms with Gasteiger partial charge >= 0.3 is 0 Å². The fraction of sp³-hybridized carbons (Fsp3) is 0.833. The molecule has 1 saturated carbocycles. The van der Waals surface area contributed by atoms with Gasteiger partial charge in [0.2, 0.25) is 0 Å². The Kier molecular flexibility index (Phi) is 3.93. The van der Waals surface area contributed by atoms with E-state index < -0.39 is 0 Å². The number of aromatic nitrogens is 3. The molecule has 4 heteroatoms. The molecule has 16 heavy (non-hydrogen) atoms. The fourth-order valence-electron chi connectivity index (χ4n) is 2.52. The molecule has 0 amide bonds. The van der Waals surface area contributed by atoms with Gasteiger partial charge in [0.15, 0.2) is 0 Å². The van der Waals surface area contributed by atoms with Crippen LogP contribution in [0.5, 0.6) is 0 Å². The Morgan fingerprint density at radius 2 is 2.25 bits per heavy atom. The number of rotatable bonds is 4. The highest BCUT2D eigenvalue weighted by Gasteiger charge is 2.20. The second-order valence-electron chi connectivity index (χ2n) is 4.78. The van der Waals surface area contributed by atoms with Crippen LogP contribution in [0.25, 0.3) is 0 Å². The molecule has 0 spiro atoms. The smallest absolute Gasteiger partial charge is 0.146 e. The fourth-order valence-corrected chi connectivity index (χ4v) is 2.52. The van der Waals surface area contributed by atoms with E-state index in [2.05, 4.69) is 33.9 Å². The zero-order valence-corrected chi connectivity index (χ0v) is 10.3. The standard InChI is InChI=1S/C12H22N4/c1-3-16-9-14-15-12(16)8-13-11-7-5-4-6-10(11)2/h9-11,13H,3-8H2,1-2H3. The Morgan fingerprint density at radius 1 is 1.44 bits per heavy atom. The van der Waals surface area contributed by atoms with Crippen LogP contribution in [-0.4, -0.2) is 20.8 Å². The van der Waals surface area contributed by atoms with Crippen LogP contribution >= 0.6 is 0 Å². The van der Waals surface area contributed by atoms with Crippen LogP contribution in [0, 0.1) is 5.92 Å². The van der Waals surface area contributed by atoms with Crippen molar-refractivity contribution in [2.75, 3.05) is 0 Å². The zero-order valence-electron chi connectivity index (χ0n) is 10.3. The van der Waals surface area contributed by atoms with E-state index in [4.69, 9.17) is 0 Å². The molecule has 1 aliphatic carbocycles. The Labute approximate surface area is 97.5 Å². The van der Waals surface area contributed by atoms with Crippen molar-refractivity contribution in [2.45, 2.75) is 58.7 Å². The Balaban J connectivity index is 1.86. The molecule has 2 rings (SSSR count). The summed E-state index contributed by atoms with van der Waals surface area (Å²) in [6, 6.07) is 0.663. The highest BCUT2D eigenvalue weighted by molar-refractivity contribution is 4.87. The first-order valence-electron chi connectivity index (χ1n) is 6.41. The molecule has 0 saturated heterocycles. The second-order valence-corrected chi connectivity index (χ2v) is 4.78. The molecule has 1 aromatic heterocycles. The van der Waals surface area contributed by atoms with Gasteiger partial charge < -0.3 is 9.88 Å². The summed E-state index contributed by atoms with van der Waals surface area (Å²) in [5.74, 6) is 1.85. The van der Waals surface area contributed by atoms with Crippen LogP contribution in [-0.2, 0) is 13.1 Å². The molecule has 1 aromatic rings. The van der Waals surface area contributed by atoms with Gasteiger partial charge in [-0.3, -0.25) is 0 Å². The summed E-state index contributed by atoms with van der Waals surface area (Å²) in [6.45, 7) is 6.27. The van der Waals surface area contributed by atoms with Crippen molar-refractivity contribution < 1.29 is 0 Å². The molecular weight excluding hydrogens is 200 g/mol. The average molecular weight is 222 g/mol. The van der Waals surface area contributed by atoms with Crippen molar-refractivity contribution in [1.82, 2.24) is 20.1 Å². The largest absolute Gasteiger partial charge is 0.317 e. The quantitative estimate of drug-likeness (QED) is 0.847. The molecule has 1 aliphatic rings. The van der Waals surface area contributed by atoms with E-state index in [9.17, 15) is 0 Å². The molecule has 0 aliphatic heterocycles. The predicted molar refractivity (Wildman–Crippen MR) is 64.0 cm³/mol. The lowest BCUT2D eigenvalue weighted by molar-refractivity contribution is 0.276. The summed E-state index contributed by atoms with van der Waals surface area (Å²) >= 11 is 0. The molecule has 2 unspecified atom stereocenters. The summed E-state index contributed by atoms with van der Waals surface area (Å²) in [6.07, 6.45) is 7.23. The Morgan fingerprint density at radius 3 is 3.00 bits per heavy atom. The first-order chi connectivity index (χ1) is 7.81. The van der Waals surface area contributed by atoms with E-state index in [0.29, 0.717) is 6.04 Å². The maximum atomic E-state index is 4.15. The van der Waals surface area contributed by atoms with Crippen molar-refractivity contribution in [3.05, 3.63) is 12.2 Å². The summed E-state index contributed by atoms with van der Waals surface area (Å²) < 4.78 is 2.10. The lowest BCUT2D eigenvalue weighted by Gasteiger charge is -2.29. The predicted octanol–water partition coefficient (Wildman–Crippen LogP) is 1.97. The van der Waals surface area contributed by atoms with E-state index in [1.54, 1.807) is 6.33 Å². The monoisotopic (exact) mass is 222 g/mol. The van der Waals surface area contributed by atoms with Gasteiger partial charge in [0.1, 0.15) is 12.2 Å². The van der Waals surface area contributed by atoms with Gasteiger partial charge in [0.05, 0.1) is 6.54 Å². The van der Waals surface area contributed by atoms with E-state index in [-0.39, 0.29) is 0 Å². The van der Waals surface area contributed by atoms with Crippen molar-refractivity contribution in [2.24, 2.45) is 5.92 Å². The zero-order chi connectivity index (χ0) is 11.4. The van der Waals surface area contributed by atoms with E-state index in [1.807, 2.05) is 0 Å². The van der Waals surface area contributed by atoms with Gasteiger partial charge in [-0.25, -0.2) is 0 Å². The molecule has 4 nitrogen and oxygen atoms in total. The highest BCUT2D eigenvalue weighted by Crippen LogP contribution is 2.23. The van der Waals surface area contributed by atoms with Crippen molar-refractivity contribution in [3.63, 3.8) is 0 Å². The number of nitrogens with zero attached hydrogens (tertiary/aromatic N) is 3. The van der Waals surface area contributed by atoms with Crippen LogP contribution in [0.3, 0.4) is 0 Å².